The molecule has 1 saturated heterocycles. The SMILES string of the molecule is COC(=O)[C@@H]1[C@H](C2CC2)[C@@H]2CN1C(=O)[C@H](C(C)(C)C)NC(=O)O[C@@H]1C[C@H]1CCCCCc1nc3ccc(OC)cc3nc1O2. The first-order valence-corrected chi connectivity index (χ1v) is 15.9. The van der Waals surface area contributed by atoms with Gasteiger partial charge in [-0.3, -0.25) is 4.79 Å². The number of nitrogens with one attached hydrogen (secondary N) is 1. The molecule has 2 saturated carbocycles. The number of ether oxygens (including phenoxy) is 4. The first-order valence-electron chi connectivity index (χ1n) is 15.9. The lowest BCUT2D eigenvalue weighted by molar-refractivity contribution is -0.154. The number of hydrogen-bond donors (Lipinski definition) is 1. The molecule has 2 aliphatic carbocycles. The van der Waals surface area contributed by atoms with Crippen LogP contribution in [-0.4, -0.2) is 77.9 Å². The lowest BCUT2D eigenvalue weighted by Gasteiger charge is -2.35. The molecule has 1 N–H and O–H groups in total. The average Bonchev–Trinajstić information content (AvgIpc) is 3.92. The number of esters is 1. The van der Waals surface area contributed by atoms with E-state index in [-0.39, 0.29) is 30.4 Å². The largest absolute Gasteiger partial charge is 0.497 e. The zero-order chi connectivity index (χ0) is 31.2. The molecule has 0 spiro atoms. The van der Waals surface area contributed by atoms with Gasteiger partial charge in [-0.1, -0.05) is 33.6 Å². The molecule has 4 aliphatic rings. The fourth-order valence-corrected chi connectivity index (χ4v) is 6.86. The normalized spacial score (nSPS) is 29.7. The van der Waals surface area contributed by atoms with Crippen molar-refractivity contribution in [3.63, 3.8) is 0 Å². The molecule has 11 heteroatoms. The summed E-state index contributed by atoms with van der Waals surface area (Å²) in [5.74, 6) is 0.498. The van der Waals surface area contributed by atoms with Crippen LogP contribution in [-0.2, 0) is 25.5 Å². The summed E-state index contributed by atoms with van der Waals surface area (Å²) in [6.45, 7) is 5.83. The Kier molecular flexibility index (Phi) is 8.32. The van der Waals surface area contributed by atoms with Crippen LogP contribution in [0.3, 0.4) is 0 Å². The van der Waals surface area contributed by atoms with Crippen molar-refractivity contribution in [1.82, 2.24) is 20.2 Å². The highest BCUT2D eigenvalue weighted by Gasteiger charge is 2.57. The standard InChI is InChI=1S/C33H44N4O7/c1-33(2,3)28-30(38)37-17-25(26(18-11-12-18)27(37)31(39)42-5)43-29-22(34-21-14-13-20(41-4)16-23(21)35-29)10-8-6-7-9-19-15-24(19)44-32(40)36-28/h13-14,16,18-19,24-28H,6-12,15,17H2,1-5H3,(H,36,40)/t19-,24-,25+,26-,27+,28-/m1/s1. The number of alkyl carbamates (subject to hydrolysis) is 1. The van der Waals surface area contributed by atoms with E-state index < -0.39 is 35.7 Å². The van der Waals surface area contributed by atoms with E-state index >= 15 is 0 Å². The van der Waals surface area contributed by atoms with Gasteiger partial charge in [0.15, 0.2) is 0 Å². The second-order valence-corrected chi connectivity index (χ2v) is 13.8. The van der Waals surface area contributed by atoms with Crippen LogP contribution < -0.4 is 14.8 Å². The summed E-state index contributed by atoms with van der Waals surface area (Å²) in [7, 11) is 2.95. The summed E-state index contributed by atoms with van der Waals surface area (Å²) >= 11 is 0. The maximum Gasteiger partial charge on any atom is 0.408 e. The molecule has 11 nitrogen and oxygen atoms in total. The Bertz CT molecular complexity index is 1420. The van der Waals surface area contributed by atoms with Gasteiger partial charge >= 0.3 is 12.1 Å². The number of benzene rings is 1. The van der Waals surface area contributed by atoms with Gasteiger partial charge < -0.3 is 29.2 Å². The van der Waals surface area contributed by atoms with Crippen LogP contribution in [0.2, 0.25) is 0 Å². The third-order valence-corrected chi connectivity index (χ3v) is 9.55. The fourth-order valence-electron chi connectivity index (χ4n) is 6.86. The number of aryl methyl sites for hydroxylation is 1. The number of carbonyl (C=O) groups excluding carboxylic acids is 3. The van der Waals surface area contributed by atoms with Crippen LogP contribution in [0.15, 0.2) is 18.2 Å². The minimum absolute atomic E-state index is 0.133. The zero-order valence-electron chi connectivity index (χ0n) is 26.3. The van der Waals surface area contributed by atoms with E-state index in [0.717, 1.165) is 56.2 Å². The van der Waals surface area contributed by atoms with Crippen molar-refractivity contribution >= 4 is 29.0 Å². The second kappa shape index (κ2) is 12.0. The van der Waals surface area contributed by atoms with Crippen LogP contribution in [0.4, 0.5) is 4.79 Å². The number of aromatic nitrogens is 2. The minimum Gasteiger partial charge on any atom is -0.497 e. The molecular weight excluding hydrogens is 564 g/mol. The molecule has 0 radical (unpaired) electrons. The maximum absolute atomic E-state index is 14.3. The molecule has 1 aromatic carbocycles. The molecule has 6 atom stereocenters. The highest BCUT2D eigenvalue weighted by Crippen LogP contribution is 2.47. The third kappa shape index (κ3) is 6.28. The van der Waals surface area contributed by atoms with Crippen molar-refractivity contribution in [2.45, 2.75) is 96.4 Å². The number of carbonyl (C=O) groups is 3. The Balaban J connectivity index is 1.40. The number of amides is 2. The zero-order valence-corrected chi connectivity index (χ0v) is 26.3. The van der Waals surface area contributed by atoms with E-state index in [1.807, 2.05) is 39.0 Å². The quantitative estimate of drug-likeness (QED) is 0.503. The predicted molar refractivity (Wildman–Crippen MR) is 161 cm³/mol. The summed E-state index contributed by atoms with van der Waals surface area (Å²) in [6.07, 6.45) is 6.06. The molecule has 6 rings (SSSR count). The smallest absolute Gasteiger partial charge is 0.408 e. The third-order valence-electron chi connectivity index (χ3n) is 9.55. The molecular formula is C33H44N4O7. The summed E-state index contributed by atoms with van der Waals surface area (Å²) < 4.78 is 23.2. The number of methoxy groups -OCH3 is 2. The van der Waals surface area contributed by atoms with Gasteiger partial charge in [-0.05, 0) is 67.9 Å². The molecule has 3 heterocycles. The first kappa shape index (κ1) is 30.4. The molecule has 2 bridgehead atoms. The Morgan fingerprint density at radius 1 is 0.977 bits per heavy atom. The molecule has 1 aromatic heterocycles. The Morgan fingerprint density at radius 2 is 1.77 bits per heavy atom. The summed E-state index contributed by atoms with van der Waals surface area (Å²) in [6, 6.07) is 3.84. The van der Waals surface area contributed by atoms with Crippen molar-refractivity contribution < 1.29 is 33.3 Å². The van der Waals surface area contributed by atoms with Gasteiger partial charge in [-0.2, -0.15) is 0 Å². The first-order chi connectivity index (χ1) is 21.1. The maximum atomic E-state index is 14.3. The van der Waals surface area contributed by atoms with E-state index in [1.54, 1.807) is 12.0 Å². The lowest BCUT2D eigenvalue weighted by atomic mass is 9.85. The Morgan fingerprint density at radius 3 is 2.48 bits per heavy atom. The van der Waals surface area contributed by atoms with Crippen LogP contribution in [0, 0.1) is 23.2 Å². The lowest BCUT2D eigenvalue weighted by Crippen LogP contribution is -2.57. The van der Waals surface area contributed by atoms with E-state index in [1.165, 1.54) is 7.11 Å². The van der Waals surface area contributed by atoms with Crippen LogP contribution >= 0.6 is 0 Å². The number of hydrogen-bond acceptors (Lipinski definition) is 9. The summed E-state index contributed by atoms with van der Waals surface area (Å²) in [4.78, 5) is 52.2. The fraction of sp³-hybridized carbons (Fsp3) is 0.667. The van der Waals surface area contributed by atoms with Crippen LogP contribution in [0.5, 0.6) is 11.6 Å². The topological polar surface area (TPSA) is 129 Å². The van der Waals surface area contributed by atoms with Gasteiger partial charge in [0.05, 0.1) is 31.8 Å². The number of fused-ring (bicyclic) bond motifs is 5. The highest BCUT2D eigenvalue weighted by atomic mass is 16.6. The molecule has 2 amide bonds. The van der Waals surface area contributed by atoms with Crippen molar-refractivity contribution in [2.75, 3.05) is 20.8 Å². The van der Waals surface area contributed by atoms with Gasteiger partial charge in [0.25, 0.3) is 0 Å². The Labute approximate surface area is 258 Å². The molecule has 0 unspecified atom stereocenters. The van der Waals surface area contributed by atoms with E-state index in [9.17, 15) is 14.4 Å². The highest BCUT2D eigenvalue weighted by molar-refractivity contribution is 5.91. The number of rotatable bonds is 3. The number of nitrogens with zero attached hydrogens (tertiary/aromatic N) is 3. The van der Waals surface area contributed by atoms with Gasteiger partial charge in [0, 0.05) is 12.0 Å². The van der Waals surface area contributed by atoms with E-state index in [4.69, 9.17) is 28.9 Å². The second-order valence-electron chi connectivity index (χ2n) is 13.8. The summed E-state index contributed by atoms with van der Waals surface area (Å²) in [5.41, 5.74) is 1.53. The molecule has 3 fully saturated rings. The van der Waals surface area contributed by atoms with Crippen molar-refractivity contribution in [3.8, 4) is 11.6 Å². The van der Waals surface area contributed by atoms with E-state index in [2.05, 4.69) is 5.32 Å². The van der Waals surface area contributed by atoms with Gasteiger partial charge in [0.1, 0.15) is 35.7 Å². The van der Waals surface area contributed by atoms with Crippen LogP contribution in [0.25, 0.3) is 11.0 Å². The predicted octanol–water partition coefficient (Wildman–Crippen LogP) is 4.44. The molecule has 2 aromatic rings. The van der Waals surface area contributed by atoms with E-state index in [0.29, 0.717) is 29.5 Å². The van der Waals surface area contributed by atoms with Crippen molar-refractivity contribution in [2.24, 2.45) is 23.2 Å². The summed E-state index contributed by atoms with van der Waals surface area (Å²) in [5, 5.41) is 2.86. The molecule has 2 aliphatic heterocycles. The minimum atomic E-state index is -0.916. The van der Waals surface area contributed by atoms with Crippen molar-refractivity contribution in [3.05, 3.63) is 23.9 Å². The molecule has 238 valence electrons. The Hall–Kier alpha value is -3.63. The van der Waals surface area contributed by atoms with Crippen LogP contribution in [0.1, 0.15) is 71.4 Å². The molecule has 44 heavy (non-hydrogen) atoms. The van der Waals surface area contributed by atoms with Crippen molar-refractivity contribution in [1.29, 1.82) is 0 Å². The van der Waals surface area contributed by atoms with Gasteiger partial charge in [0.2, 0.25) is 11.8 Å². The van der Waals surface area contributed by atoms with Gasteiger partial charge in [-0.25, -0.2) is 19.6 Å². The van der Waals surface area contributed by atoms with Gasteiger partial charge in [-0.15, -0.1) is 0 Å². The monoisotopic (exact) mass is 608 g/mol. The average molecular weight is 609 g/mol.